The minimum Gasteiger partial charge on any atom is -0.396 e. The number of rotatable bonds is 6. The van der Waals surface area contributed by atoms with Crippen molar-refractivity contribution in [3.8, 4) is 0 Å². The fourth-order valence-electron chi connectivity index (χ4n) is 1.15. The van der Waals surface area contributed by atoms with E-state index in [1.807, 2.05) is 6.92 Å². The second-order valence-electron chi connectivity index (χ2n) is 3.58. The molecule has 0 aliphatic rings. The van der Waals surface area contributed by atoms with Crippen LogP contribution in [0.1, 0.15) is 19.8 Å². The van der Waals surface area contributed by atoms with E-state index in [9.17, 15) is 0 Å². The summed E-state index contributed by atoms with van der Waals surface area (Å²) in [5.74, 6) is 0.753. The fourth-order valence-corrected chi connectivity index (χ4v) is 1.42. The van der Waals surface area contributed by atoms with E-state index < -0.39 is 0 Å². The molecule has 1 rings (SSSR count). The van der Waals surface area contributed by atoms with Gasteiger partial charge in [-0.1, -0.05) is 18.5 Å². The maximum absolute atomic E-state index is 8.84. The van der Waals surface area contributed by atoms with Crippen LogP contribution in [0.4, 0.5) is 5.82 Å². The molecule has 1 aromatic rings. The van der Waals surface area contributed by atoms with Crippen molar-refractivity contribution in [2.24, 2.45) is 5.92 Å². The molecule has 0 aromatic carbocycles. The quantitative estimate of drug-likeness (QED) is 0.770. The summed E-state index contributed by atoms with van der Waals surface area (Å²) in [5.41, 5.74) is 0. The zero-order valence-electron chi connectivity index (χ0n) is 8.95. The molecule has 0 saturated carbocycles. The lowest BCUT2D eigenvalue weighted by Crippen LogP contribution is -2.08. The zero-order valence-corrected chi connectivity index (χ0v) is 10.5. The van der Waals surface area contributed by atoms with E-state index in [4.69, 9.17) is 28.3 Å². The highest BCUT2D eigenvalue weighted by Crippen LogP contribution is 2.16. The molecule has 0 saturated heterocycles. The Morgan fingerprint density at radius 2 is 2.12 bits per heavy atom. The fraction of sp³-hybridized carbons (Fsp3) is 0.667. The molecular formula is C9H14Cl2N4O. The zero-order chi connectivity index (χ0) is 12.0. The van der Waals surface area contributed by atoms with Crippen LogP contribution in [0.3, 0.4) is 0 Å². The molecule has 0 amide bonds. The molecule has 7 heteroatoms. The molecule has 2 N–H and O–H groups in total. The van der Waals surface area contributed by atoms with Crippen molar-refractivity contribution in [2.75, 3.05) is 18.5 Å². The molecular weight excluding hydrogens is 251 g/mol. The Hall–Kier alpha value is -0.650. The summed E-state index contributed by atoms with van der Waals surface area (Å²) in [6.45, 7) is 2.91. The minimum atomic E-state index is 0.0654. The maximum Gasteiger partial charge on any atom is 0.245 e. The number of hydrogen-bond acceptors (Lipinski definition) is 5. The smallest absolute Gasteiger partial charge is 0.245 e. The van der Waals surface area contributed by atoms with Gasteiger partial charge in [0.2, 0.25) is 5.28 Å². The Labute approximate surface area is 104 Å². The van der Waals surface area contributed by atoms with E-state index in [2.05, 4.69) is 20.5 Å². The number of nitrogens with one attached hydrogen (secondary N) is 1. The first-order valence-corrected chi connectivity index (χ1v) is 5.79. The van der Waals surface area contributed by atoms with Crippen molar-refractivity contribution in [1.82, 2.24) is 15.2 Å². The number of aliphatic hydroxyl groups is 1. The van der Waals surface area contributed by atoms with Crippen molar-refractivity contribution >= 4 is 29.0 Å². The monoisotopic (exact) mass is 264 g/mol. The van der Waals surface area contributed by atoms with E-state index >= 15 is 0 Å². The molecule has 5 nitrogen and oxygen atoms in total. The molecule has 1 unspecified atom stereocenters. The second-order valence-corrected chi connectivity index (χ2v) is 4.27. The van der Waals surface area contributed by atoms with E-state index in [0.717, 1.165) is 12.8 Å². The lowest BCUT2D eigenvalue weighted by molar-refractivity contribution is 0.229. The molecule has 0 aliphatic heterocycles. The number of nitrogens with zero attached hydrogens (tertiary/aromatic N) is 3. The highest BCUT2D eigenvalue weighted by Gasteiger charge is 2.05. The Morgan fingerprint density at radius 3 is 2.81 bits per heavy atom. The first-order chi connectivity index (χ1) is 7.63. The summed E-state index contributed by atoms with van der Waals surface area (Å²) in [7, 11) is 0. The van der Waals surface area contributed by atoms with Crippen LogP contribution in [-0.2, 0) is 0 Å². The summed E-state index contributed by atoms with van der Waals surface area (Å²) < 4.78 is 0. The predicted octanol–water partition coefficient (Wildman–Crippen LogP) is 2.00. The van der Waals surface area contributed by atoms with Crippen LogP contribution in [0.2, 0.25) is 10.4 Å². The van der Waals surface area contributed by atoms with Crippen LogP contribution in [0, 0.1) is 5.92 Å². The van der Waals surface area contributed by atoms with Crippen LogP contribution in [0.5, 0.6) is 0 Å². The number of hydrogen-bond donors (Lipinski definition) is 2. The van der Waals surface area contributed by atoms with E-state index in [1.54, 1.807) is 0 Å². The van der Waals surface area contributed by atoms with Crippen LogP contribution in [0.15, 0.2) is 0 Å². The molecule has 0 fully saturated rings. The second kappa shape index (κ2) is 6.83. The number of halogens is 2. The van der Waals surface area contributed by atoms with Crippen molar-refractivity contribution in [2.45, 2.75) is 19.8 Å². The van der Waals surface area contributed by atoms with Gasteiger partial charge in [-0.2, -0.15) is 4.98 Å². The lowest BCUT2D eigenvalue weighted by atomic mass is 10.1. The SMILES string of the molecule is CC(CO)CCCNc1nc(Cl)nnc1Cl. The largest absolute Gasteiger partial charge is 0.396 e. The average molecular weight is 265 g/mol. The molecule has 90 valence electrons. The minimum absolute atomic E-state index is 0.0654. The van der Waals surface area contributed by atoms with Crippen LogP contribution < -0.4 is 5.32 Å². The van der Waals surface area contributed by atoms with Gasteiger partial charge in [-0.3, -0.25) is 0 Å². The van der Waals surface area contributed by atoms with Gasteiger partial charge in [-0.15, -0.1) is 10.2 Å². The molecule has 0 radical (unpaired) electrons. The van der Waals surface area contributed by atoms with E-state index in [1.165, 1.54) is 0 Å². The summed E-state index contributed by atoms with van der Waals surface area (Å²) in [5, 5.41) is 19.3. The summed E-state index contributed by atoms with van der Waals surface area (Å²) in [6, 6.07) is 0. The third kappa shape index (κ3) is 4.47. The van der Waals surface area contributed by atoms with Crippen LogP contribution >= 0.6 is 23.2 Å². The first kappa shape index (κ1) is 13.4. The van der Waals surface area contributed by atoms with Crippen molar-refractivity contribution < 1.29 is 5.11 Å². The normalized spacial score (nSPS) is 12.5. The maximum atomic E-state index is 8.84. The molecule has 0 bridgehead atoms. The topological polar surface area (TPSA) is 70.9 Å². The van der Waals surface area contributed by atoms with E-state index in [-0.39, 0.29) is 17.0 Å². The lowest BCUT2D eigenvalue weighted by Gasteiger charge is -2.09. The van der Waals surface area contributed by atoms with Crippen molar-refractivity contribution in [3.63, 3.8) is 0 Å². The van der Waals surface area contributed by atoms with Crippen LogP contribution in [-0.4, -0.2) is 33.4 Å². The van der Waals surface area contributed by atoms with Gasteiger partial charge in [0.15, 0.2) is 11.0 Å². The van der Waals surface area contributed by atoms with Crippen molar-refractivity contribution in [3.05, 3.63) is 10.4 Å². The third-order valence-electron chi connectivity index (χ3n) is 2.10. The first-order valence-electron chi connectivity index (χ1n) is 5.04. The summed E-state index contributed by atoms with van der Waals surface area (Å²) in [4.78, 5) is 3.91. The van der Waals surface area contributed by atoms with Gasteiger partial charge >= 0.3 is 0 Å². The average Bonchev–Trinajstić information content (AvgIpc) is 2.28. The molecule has 1 aromatic heterocycles. The third-order valence-corrected chi connectivity index (χ3v) is 2.51. The van der Waals surface area contributed by atoms with Crippen molar-refractivity contribution in [1.29, 1.82) is 0 Å². The Balaban J connectivity index is 2.34. The number of aromatic nitrogens is 3. The number of anilines is 1. The summed E-state index contributed by atoms with van der Waals surface area (Å²) in [6.07, 6.45) is 1.85. The number of aliphatic hydroxyl groups excluding tert-OH is 1. The van der Waals surface area contributed by atoms with Gasteiger partial charge in [-0.25, -0.2) is 0 Å². The standard InChI is InChI=1S/C9H14Cl2N4O/c1-6(5-16)3-2-4-12-8-7(10)14-15-9(11)13-8/h6,16H,2-5H2,1H3,(H,12,13,15). The van der Waals surface area contributed by atoms with Gasteiger partial charge in [0, 0.05) is 13.2 Å². The highest BCUT2D eigenvalue weighted by atomic mass is 35.5. The molecule has 1 heterocycles. The molecule has 16 heavy (non-hydrogen) atoms. The Bertz CT molecular complexity index is 337. The van der Waals surface area contributed by atoms with Gasteiger partial charge in [0.25, 0.3) is 0 Å². The molecule has 0 aliphatic carbocycles. The predicted molar refractivity (Wildman–Crippen MR) is 63.8 cm³/mol. The summed E-state index contributed by atoms with van der Waals surface area (Å²) >= 11 is 11.4. The molecule has 1 atom stereocenters. The Morgan fingerprint density at radius 1 is 1.38 bits per heavy atom. The van der Waals surface area contributed by atoms with Gasteiger partial charge in [-0.05, 0) is 30.4 Å². The van der Waals surface area contributed by atoms with Crippen LogP contribution in [0.25, 0.3) is 0 Å². The van der Waals surface area contributed by atoms with Gasteiger partial charge in [0.1, 0.15) is 0 Å². The highest BCUT2D eigenvalue weighted by molar-refractivity contribution is 6.32. The van der Waals surface area contributed by atoms with Gasteiger partial charge < -0.3 is 10.4 Å². The van der Waals surface area contributed by atoms with E-state index in [0.29, 0.717) is 18.3 Å². The van der Waals surface area contributed by atoms with Gasteiger partial charge in [0.05, 0.1) is 0 Å². The Kier molecular flexibility index (Phi) is 5.73. The molecule has 0 spiro atoms.